The predicted molar refractivity (Wildman–Crippen MR) is 68.2 cm³/mol. The van der Waals surface area contributed by atoms with Gasteiger partial charge in [-0.15, -0.1) is 11.8 Å². The van der Waals surface area contributed by atoms with Gasteiger partial charge in [0.2, 0.25) is 0 Å². The summed E-state index contributed by atoms with van der Waals surface area (Å²) in [6, 6.07) is 7.76. The molecule has 1 aromatic carbocycles. The van der Waals surface area contributed by atoms with E-state index in [9.17, 15) is 4.79 Å². The summed E-state index contributed by atoms with van der Waals surface area (Å²) < 4.78 is 5.07. The molecule has 0 unspecified atom stereocenters. The number of rotatable bonds is 4. The molecular formula is C13H18O2S. The highest BCUT2D eigenvalue weighted by molar-refractivity contribution is 8.00. The number of benzene rings is 1. The average Bonchev–Trinajstić information content (AvgIpc) is 2.25. The van der Waals surface area contributed by atoms with Crippen molar-refractivity contribution in [3.63, 3.8) is 0 Å². The standard InChI is InChI=1S/C13H18O2S/c1-13(2,3)12(14)9-16-11-7-5-10(15-4)6-8-11/h5-8H,9H2,1-4H3. The Hall–Kier alpha value is -0.960. The summed E-state index contributed by atoms with van der Waals surface area (Å²) in [7, 11) is 1.64. The van der Waals surface area contributed by atoms with E-state index >= 15 is 0 Å². The fourth-order valence-electron chi connectivity index (χ4n) is 1.04. The van der Waals surface area contributed by atoms with Gasteiger partial charge in [-0.05, 0) is 24.3 Å². The molecule has 0 saturated heterocycles. The second-order valence-corrected chi connectivity index (χ2v) is 5.69. The van der Waals surface area contributed by atoms with Gasteiger partial charge in [0.1, 0.15) is 11.5 Å². The average molecular weight is 238 g/mol. The molecule has 0 amide bonds. The topological polar surface area (TPSA) is 26.3 Å². The van der Waals surface area contributed by atoms with Crippen LogP contribution in [-0.4, -0.2) is 18.6 Å². The van der Waals surface area contributed by atoms with E-state index in [2.05, 4.69) is 0 Å². The van der Waals surface area contributed by atoms with Crippen LogP contribution in [0.1, 0.15) is 20.8 Å². The van der Waals surface area contributed by atoms with Gasteiger partial charge in [-0.2, -0.15) is 0 Å². The number of carbonyl (C=O) groups excluding carboxylic acids is 1. The van der Waals surface area contributed by atoms with Crippen molar-refractivity contribution in [1.29, 1.82) is 0 Å². The van der Waals surface area contributed by atoms with Gasteiger partial charge in [-0.25, -0.2) is 0 Å². The number of hydrogen-bond donors (Lipinski definition) is 0. The molecule has 0 aromatic heterocycles. The van der Waals surface area contributed by atoms with E-state index in [1.807, 2.05) is 45.0 Å². The highest BCUT2D eigenvalue weighted by Crippen LogP contribution is 2.24. The maximum absolute atomic E-state index is 11.7. The normalized spacial score (nSPS) is 11.2. The molecular weight excluding hydrogens is 220 g/mol. The van der Waals surface area contributed by atoms with Crippen LogP contribution in [0.5, 0.6) is 5.75 Å². The molecule has 0 bridgehead atoms. The quantitative estimate of drug-likeness (QED) is 0.752. The zero-order chi connectivity index (χ0) is 12.2. The third-order valence-electron chi connectivity index (χ3n) is 2.27. The SMILES string of the molecule is COc1ccc(SCC(=O)C(C)(C)C)cc1. The van der Waals surface area contributed by atoms with E-state index in [0.29, 0.717) is 5.75 Å². The molecule has 1 rings (SSSR count). The fourth-order valence-corrected chi connectivity index (χ4v) is 2.10. The van der Waals surface area contributed by atoms with E-state index < -0.39 is 0 Å². The van der Waals surface area contributed by atoms with E-state index in [0.717, 1.165) is 10.6 Å². The molecule has 0 aliphatic rings. The molecule has 1 aromatic rings. The Morgan fingerprint density at radius 2 is 1.81 bits per heavy atom. The molecule has 3 heteroatoms. The van der Waals surface area contributed by atoms with Crippen LogP contribution in [0.15, 0.2) is 29.2 Å². The Kier molecular flexibility index (Phi) is 4.42. The Balaban J connectivity index is 2.52. The smallest absolute Gasteiger partial charge is 0.148 e. The second-order valence-electron chi connectivity index (χ2n) is 4.64. The number of ketones is 1. The zero-order valence-electron chi connectivity index (χ0n) is 10.2. The largest absolute Gasteiger partial charge is 0.497 e. The molecule has 0 spiro atoms. The first-order valence-electron chi connectivity index (χ1n) is 5.23. The number of ether oxygens (including phenoxy) is 1. The minimum Gasteiger partial charge on any atom is -0.497 e. The molecule has 0 aliphatic heterocycles. The Morgan fingerprint density at radius 3 is 2.25 bits per heavy atom. The molecule has 88 valence electrons. The summed E-state index contributed by atoms with van der Waals surface area (Å²) >= 11 is 1.57. The third-order valence-corrected chi connectivity index (χ3v) is 3.28. The number of carbonyl (C=O) groups is 1. The van der Waals surface area contributed by atoms with Gasteiger partial charge in [0.05, 0.1) is 12.9 Å². The molecule has 0 radical (unpaired) electrons. The van der Waals surface area contributed by atoms with Crippen LogP contribution >= 0.6 is 11.8 Å². The lowest BCUT2D eigenvalue weighted by Gasteiger charge is -2.15. The monoisotopic (exact) mass is 238 g/mol. The van der Waals surface area contributed by atoms with Crippen LogP contribution in [0.25, 0.3) is 0 Å². The second kappa shape index (κ2) is 5.39. The minimum atomic E-state index is -0.251. The van der Waals surface area contributed by atoms with E-state index in [1.165, 1.54) is 0 Å². The van der Waals surface area contributed by atoms with Crippen molar-refractivity contribution in [3.05, 3.63) is 24.3 Å². The van der Waals surface area contributed by atoms with E-state index in [4.69, 9.17) is 4.74 Å². The first-order chi connectivity index (χ1) is 7.43. The molecule has 2 nitrogen and oxygen atoms in total. The van der Waals surface area contributed by atoms with Crippen molar-refractivity contribution in [2.24, 2.45) is 5.41 Å². The molecule has 0 fully saturated rings. The molecule has 0 saturated carbocycles. The van der Waals surface area contributed by atoms with Gasteiger partial charge in [-0.1, -0.05) is 20.8 Å². The van der Waals surface area contributed by atoms with E-state index in [1.54, 1.807) is 18.9 Å². The van der Waals surface area contributed by atoms with Crippen molar-refractivity contribution in [2.75, 3.05) is 12.9 Å². The summed E-state index contributed by atoms with van der Waals surface area (Å²) in [5, 5.41) is 0. The number of methoxy groups -OCH3 is 1. The van der Waals surface area contributed by atoms with Gasteiger partial charge in [0.25, 0.3) is 0 Å². The molecule has 0 heterocycles. The van der Waals surface area contributed by atoms with Crippen molar-refractivity contribution >= 4 is 17.5 Å². The Labute approximate surface area is 101 Å². The maximum atomic E-state index is 11.7. The van der Waals surface area contributed by atoms with Gasteiger partial charge >= 0.3 is 0 Å². The van der Waals surface area contributed by atoms with E-state index in [-0.39, 0.29) is 11.2 Å². The lowest BCUT2D eigenvalue weighted by atomic mass is 9.92. The van der Waals surface area contributed by atoms with Crippen LogP contribution in [0.2, 0.25) is 0 Å². The van der Waals surface area contributed by atoms with Gasteiger partial charge < -0.3 is 4.74 Å². The van der Waals surface area contributed by atoms with Crippen molar-refractivity contribution in [3.8, 4) is 5.75 Å². The third kappa shape index (κ3) is 3.89. The van der Waals surface area contributed by atoms with Crippen LogP contribution in [0, 0.1) is 5.41 Å². The molecule has 16 heavy (non-hydrogen) atoms. The summed E-state index contributed by atoms with van der Waals surface area (Å²) in [5.41, 5.74) is -0.251. The predicted octanol–water partition coefficient (Wildman–Crippen LogP) is 3.40. The highest BCUT2D eigenvalue weighted by atomic mass is 32.2. The first kappa shape index (κ1) is 13.1. The van der Waals surface area contributed by atoms with Crippen LogP contribution < -0.4 is 4.74 Å². The number of thioether (sulfide) groups is 1. The maximum Gasteiger partial charge on any atom is 0.148 e. The summed E-state index contributed by atoms with van der Waals surface area (Å²) in [5.74, 6) is 1.63. The van der Waals surface area contributed by atoms with Crippen molar-refractivity contribution in [2.45, 2.75) is 25.7 Å². The Bertz CT molecular complexity index is 349. The first-order valence-corrected chi connectivity index (χ1v) is 6.22. The van der Waals surface area contributed by atoms with Crippen LogP contribution in [-0.2, 0) is 4.79 Å². The highest BCUT2D eigenvalue weighted by Gasteiger charge is 2.20. The van der Waals surface area contributed by atoms with Crippen molar-refractivity contribution < 1.29 is 9.53 Å². The molecule has 0 N–H and O–H groups in total. The van der Waals surface area contributed by atoms with Crippen LogP contribution in [0.4, 0.5) is 0 Å². The van der Waals surface area contributed by atoms with Gasteiger partial charge in [0.15, 0.2) is 0 Å². The van der Waals surface area contributed by atoms with Gasteiger partial charge in [-0.3, -0.25) is 4.79 Å². The fraction of sp³-hybridized carbons (Fsp3) is 0.462. The molecule has 0 aliphatic carbocycles. The summed E-state index contributed by atoms with van der Waals surface area (Å²) in [6.07, 6.45) is 0. The minimum absolute atomic E-state index is 0.251. The lowest BCUT2D eigenvalue weighted by molar-refractivity contribution is -0.123. The lowest BCUT2D eigenvalue weighted by Crippen LogP contribution is -2.21. The summed E-state index contributed by atoms with van der Waals surface area (Å²) in [4.78, 5) is 12.8. The zero-order valence-corrected chi connectivity index (χ0v) is 11.1. The van der Waals surface area contributed by atoms with Crippen molar-refractivity contribution in [1.82, 2.24) is 0 Å². The van der Waals surface area contributed by atoms with Crippen LogP contribution in [0.3, 0.4) is 0 Å². The van der Waals surface area contributed by atoms with Gasteiger partial charge in [0, 0.05) is 10.3 Å². The molecule has 0 atom stereocenters. The summed E-state index contributed by atoms with van der Waals surface area (Å²) in [6.45, 7) is 5.84. The number of Topliss-reactive ketones (excluding diaryl/α,β-unsaturated/α-hetero) is 1. The Morgan fingerprint density at radius 1 is 1.25 bits per heavy atom. The number of hydrogen-bond acceptors (Lipinski definition) is 3.